The number of rotatable bonds is 2. The summed E-state index contributed by atoms with van der Waals surface area (Å²) in [7, 11) is 0. The first kappa shape index (κ1) is 8.98. The zero-order valence-corrected chi connectivity index (χ0v) is 9.32. The summed E-state index contributed by atoms with van der Waals surface area (Å²) in [6.07, 6.45) is 8.36. The fraction of sp³-hybridized carbons (Fsp3) is 0.231. The molecule has 1 aliphatic carbocycles. The number of nitrogens with zero attached hydrogens (tertiary/aromatic N) is 4. The summed E-state index contributed by atoms with van der Waals surface area (Å²) in [5.74, 6) is 0. The van der Waals surface area contributed by atoms with E-state index in [1.165, 1.54) is 12.8 Å². The van der Waals surface area contributed by atoms with Crippen LogP contribution in [0.15, 0.2) is 42.9 Å². The maximum absolute atomic E-state index is 4.42. The van der Waals surface area contributed by atoms with E-state index < -0.39 is 0 Å². The molecule has 0 N–H and O–H groups in total. The van der Waals surface area contributed by atoms with Gasteiger partial charge in [0.05, 0.1) is 30.1 Å². The van der Waals surface area contributed by atoms with Crippen LogP contribution in [0.25, 0.3) is 16.6 Å². The van der Waals surface area contributed by atoms with E-state index in [-0.39, 0.29) is 0 Å². The van der Waals surface area contributed by atoms with Crippen molar-refractivity contribution in [3.05, 3.63) is 42.9 Å². The van der Waals surface area contributed by atoms with Gasteiger partial charge >= 0.3 is 0 Å². The van der Waals surface area contributed by atoms with Gasteiger partial charge in [-0.3, -0.25) is 4.68 Å². The van der Waals surface area contributed by atoms with Gasteiger partial charge < -0.3 is 0 Å². The van der Waals surface area contributed by atoms with Gasteiger partial charge in [0.15, 0.2) is 0 Å². The summed E-state index contributed by atoms with van der Waals surface area (Å²) in [6.45, 7) is 0. The van der Waals surface area contributed by atoms with E-state index in [0.29, 0.717) is 6.04 Å². The van der Waals surface area contributed by atoms with Crippen molar-refractivity contribution in [3.63, 3.8) is 0 Å². The molecule has 0 atom stereocenters. The van der Waals surface area contributed by atoms with Gasteiger partial charge in [-0.2, -0.15) is 10.2 Å². The quantitative estimate of drug-likeness (QED) is 0.670. The third kappa shape index (κ3) is 1.37. The molecule has 84 valence electrons. The molecule has 2 heterocycles. The fourth-order valence-electron chi connectivity index (χ4n) is 2.15. The summed E-state index contributed by atoms with van der Waals surface area (Å²) in [5.41, 5.74) is 2.17. The molecule has 4 rings (SSSR count). The Balaban J connectivity index is 1.86. The Morgan fingerprint density at radius 1 is 1.06 bits per heavy atom. The molecule has 0 radical (unpaired) electrons. The summed E-state index contributed by atoms with van der Waals surface area (Å²) < 4.78 is 3.99. The molecule has 1 aliphatic rings. The van der Waals surface area contributed by atoms with Crippen LogP contribution in [0.3, 0.4) is 0 Å². The predicted octanol–water partition coefficient (Wildman–Crippen LogP) is 2.56. The Kier molecular flexibility index (Phi) is 1.69. The van der Waals surface area contributed by atoms with Gasteiger partial charge in [-0.05, 0) is 18.9 Å². The summed E-state index contributed by atoms with van der Waals surface area (Å²) in [4.78, 5) is 0. The molecule has 0 amide bonds. The molecule has 17 heavy (non-hydrogen) atoms. The molecular weight excluding hydrogens is 212 g/mol. The van der Waals surface area contributed by atoms with Crippen LogP contribution in [0, 0.1) is 0 Å². The van der Waals surface area contributed by atoms with Gasteiger partial charge in [0, 0.05) is 5.39 Å². The van der Waals surface area contributed by atoms with Crippen LogP contribution in [-0.2, 0) is 0 Å². The summed E-state index contributed by atoms with van der Waals surface area (Å²) in [6, 6.07) is 8.83. The van der Waals surface area contributed by atoms with Crippen LogP contribution < -0.4 is 0 Å². The maximum Gasteiger partial charge on any atom is 0.103 e. The molecule has 3 aromatic rings. The van der Waals surface area contributed by atoms with Gasteiger partial charge in [-0.25, -0.2) is 4.68 Å². The molecule has 0 saturated heterocycles. The second kappa shape index (κ2) is 3.20. The van der Waals surface area contributed by atoms with Gasteiger partial charge in [0.1, 0.15) is 5.69 Å². The van der Waals surface area contributed by atoms with Crippen LogP contribution in [-0.4, -0.2) is 19.6 Å². The Bertz CT molecular complexity index is 675. The van der Waals surface area contributed by atoms with Crippen molar-refractivity contribution in [1.29, 1.82) is 0 Å². The van der Waals surface area contributed by atoms with Crippen molar-refractivity contribution in [1.82, 2.24) is 19.6 Å². The number of aromatic nitrogens is 4. The Labute approximate surface area is 98.5 Å². The van der Waals surface area contributed by atoms with Gasteiger partial charge in [-0.1, -0.05) is 18.2 Å². The van der Waals surface area contributed by atoms with E-state index in [2.05, 4.69) is 28.5 Å². The standard InChI is InChI=1S/C13H12N4/c1-2-4-13-10(3-1)7-15-17(13)12-8-14-16(9-12)11-5-6-11/h1-4,7-9,11H,5-6H2. The minimum Gasteiger partial charge on any atom is -0.267 e. The Morgan fingerprint density at radius 3 is 2.82 bits per heavy atom. The topological polar surface area (TPSA) is 35.6 Å². The first-order valence-electron chi connectivity index (χ1n) is 5.89. The molecular formula is C13H12N4. The Hall–Kier alpha value is -2.10. The van der Waals surface area contributed by atoms with E-state index in [1.807, 2.05) is 33.9 Å². The minimum absolute atomic E-state index is 0.616. The van der Waals surface area contributed by atoms with Crippen LogP contribution >= 0.6 is 0 Å². The average Bonchev–Trinajstić information content (AvgIpc) is 2.95. The molecule has 0 unspecified atom stereocenters. The largest absolute Gasteiger partial charge is 0.267 e. The predicted molar refractivity (Wildman–Crippen MR) is 65.1 cm³/mol. The van der Waals surface area contributed by atoms with Crippen LogP contribution in [0.1, 0.15) is 18.9 Å². The molecule has 0 bridgehead atoms. The normalized spacial score (nSPS) is 15.5. The van der Waals surface area contributed by atoms with E-state index >= 15 is 0 Å². The molecule has 0 aliphatic heterocycles. The number of para-hydroxylation sites is 1. The molecule has 0 spiro atoms. The SMILES string of the molecule is c1ccc2c(c1)cnn2-c1cnn(C2CC2)c1. The monoisotopic (exact) mass is 224 g/mol. The van der Waals surface area contributed by atoms with Crippen molar-refractivity contribution in [2.24, 2.45) is 0 Å². The molecule has 1 saturated carbocycles. The lowest BCUT2D eigenvalue weighted by Gasteiger charge is -1.98. The number of hydrogen-bond donors (Lipinski definition) is 0. The van der Waals surface area contributed by atoms with Crippen LogP contribution in [0.2, 0.25) is 0 Å². The minimum atomic E-state index is 0.616. The summed E-state index contributed by atoms with van der Waals surface area (Å²) >= 11 is 0. The van der Waals surface area contributed by atoms with Gasteiger partial charge in [0.2, 0.25) is 0 Å². The highest BCUT2D eigenvalue weighted by atomic mass is 15.3. The Morgan fingerprint density at radius 2 is 1.94 bits per heavy atom. The zero-order valence-electron chi connectivity index (χ0n) is 9.32. The average molecular weight is 224 g/mol. The van der Waals surface area contributed by atoms with Crippen molar-refractivity contribution in [2.45, 2.75) is 18.9 Å². The van der Waals surface area contributed by atoms with Crippen LogP contribution in [0.4, 0.5) is 0 Å². The number of fused-ring (bicyclic) bond motifs is 1. The molecule has 2 aromatic heterocycles. The van der Waals surface area contributed by atoms with Crippen molar-refractivity contribution in [3.8, 4) is 5.69 Å². The third-order valence-electron chi connectivity index (χ3n) is 3.23. The van der Waals surface area contributed by atoms with E-state index in [9.17, 15) is 0 Å². The van der Waals surface area contributed by atoms with E-state index in [1.54, 1.807) is 0 Å². The lowest BCUT2D eigenvalue weighted by Crippen LogP contribution is -1.95. The molecule has 1 aromatic carbocycles. The molecule has 1 fully saturated rings. The van der Waals surface area contributed by atoms with Gasteiger partial charge in [-0.15, -0.1) is 0 Å². The van der Waals surface area contributed by atoms with Gasteiger partial charge in [0.25, 0.3) is 0 Å². The second-order valence-corrected chi connectivity index (χ2v) is 4.52. The first-order chi connectivity index (χ1) is 8.42. The number of hydrogen-bond acceptors (Lipinski definition) is 2. The molecule has 4 heteroatoms. The van der Waals surface area contributed by atoms with Crippen molar-refractivity contribution >= 4 is 10.9 Å². The highest BCUT2D eigenvalue weighted by molar-refractivity contribution is 5.79. The van der Waals surface area contributed by atoms with Crippen LogP contribution in [0.5, 0.6) is 0 Å². The van der Waals surface area contributed by atoms with E-state index in [4.69, 9.17) is 0 Å². The fourth-order valence-corrected chi connectivity index (χ4v) is 2.15. The third-order valence-corrected chi connectivity index (χ3v) is 3.23. The maximum atomic E-state index is 4.42. The van der Waals surface area contributed by atoms with E-state index in [0.717, 1.165) is 16.6 Å². The lowest BCUT2D eigenvalue weighted by molar-refractivity contribution is 0.641. The highest BCUT2D eigenvalue weighted by Crippen LogP contribution is 2.34. The van der Waals surface area contributed by atoms with Crippen molar-refractivity contribution < 1.29 is 0 Å². The number of benzene rings is 1. The smallest absolute Gasteiger partial charge is 0.103 e. The highest BCUT2D eigenvalue weighted by Gasteiger charge is 2.24. The zero-order chi connectivity index (χ0) is 11.2. The van der Waals surface area contributed by atoms with Crippen molar-refractivity contribution in [2.75, 3.05) is 0 Å². The molecule has 4 nitrogen and oxygen atoms in total. The lowest BCUT2D eigenvalue weighted by atomic mass is 10.2. The second-order valence-electron chi connectivity index (χ2n) is 4.52. The summed E-state index contributed by atoms with van der Waals surface area (Å²) in [5, 5.41) is 9.98. The first-order valence-corrected chi connectivity index (χ1v) is 5.89.